The number of aromatic nitrogens is 3. The van der Waals surface area contributed by atoms with E-state index in [0.29, 0.717) is 0 Å². The minimum absolute atomic E-state index is 0.0510. The summed E-state index contributed by atoms with van der Waals surface area (Å²) in [6.07, 6.45) is 9.04. The molecular formula is C20H22N4O. The van der Waals surface area contributed by atoms with Crippen LogP contribution in [0.1, 0.15) is 23.4 Å². The molecular weight excluding hydrogens is 312 g/mol. The zero-order valence-electron chi connectivity index (χ0n) is 14.4. The van der Waals surface area contributed by atoms with Gasteiger partial charge in [0.15, 0.2) is 0 Å². The van der Waals surface area contributed by atoms with Crippen LogP contribution < -0.4 is 0 Å². The third-order valence-electron chi connectivity index (χ3n) is 5.09. The molecule has 0 radical (unpaired) electrons. The van der Waals surface area contributed by atoms with E-state index in [1.165, 1.54) is 11.3 Å². The lowest BCUT2D eigenvalue weighted by Gasteiger charge is -2.26. The minimum Gasteiger partial charge on any atom is -0.345 e. The number of likely N-dealkylation sites (N-methyl/N-ethyl adjacent to an activating group) is 1. The van der Waals surface area contributed by atoms with Crippen LogP contribution in [-0.2, 0) is 24.1 Å². The second-order valence-corrected chi connectivity index (χ2v) is 6.74. The summed E-state index contributed by atoms with van der Waals surface area (Å²) in [4.78, 5) is 23.5. The fourth-order valence-corrected chi connectivity index (χ4v) is 3.64. The van der Waals surface area contributed by atoms with Crippen molar-refractivity contribution in [2.75, 3.05) is 13.6 Å². The van der Waals surface area contributed by atoms with Crippen LogP contribution in [0.25, 0.3) is 5.65 Å². The summed E-state index contributed by atoms with van der Waals surface area (Å²) in [5.41, 5.74) is 4.53. The van der Waals surface area contributed by atoms with Crippen molar-refractivity contribution < 1.29 is 4.79 Å². The Kier molecular flexibility index (Phi) is 4.22. The van der Waals surface area contributed by atoms with Gasteiger partial charge in [-0.15, -0.1) is 0 Å². The summed E-state index contributed by atoms with van der Waals surface area (Å²) in [6.45, 7) is 0.735. The van der Waals surface area contributed by atoms with E-state index in [1.807, 2.05) is 48.5 Å². The zero-order chi connectivity index (χ0) is 17.2. The van der Waals surface area contributed by atoms with Crippen molar-refractivity contribution in [3.8, 4) is 0 Å². The number of aryl methyl sites for hydroxylation is 1. The van der Waals surface area contributed by atoms with Crippen LogP contribution in [0.4, 0.5) is 0 Å². The largest absolute Gasteiger partial charge is 0.345 e. The zero-order valence-corrected chi connectivity index (χ0v) is 14.4. The molecule has 0 aliphatic heterocycles. The van der Waals surface area contributed by atoms with E-state index in [4.69, 9.17) is 4.98 Å². The molecule has 3 aromatic rings. The molecule has 0 saturated heterocycles. The highest BCUT2D eigenvalue weighted by Gasteiger charge is 2.29. The normalized spacial score (nSPS) is 16.6. The molecule has 128 valence electrons. The Morgan fingerprint density at radius 1 is 1.28 bits per heavy atom. The first kappa shape index (κ1) is 15.8. The summed E-state index contributed by atoms with van der Waals surface area (Å²) >= 11 is 0. The number of carbonyl (C=O) groups excluding carboxylic acids is 1. The Balaban J connectivity index is 1.44. The monoisotopic (exact) mass is 334 g/mol. The third kappa shape index (κ3) is 3.14. The molecule has 0 saturated carbocycles. The van der Waals surface area contributed by atoms with Crippen LogP contribution >= 0.6 is 0 Å². The van der Waals surface area contributed by atoms with Gasteiger partial charge in [-0.05, 0) is 49.1 Å². The summed E-state index contributed by atoms with van der Waals surface area (Å²) in [5, 5.41) is 0. The predicted molar refractivity (Wildman–Crippen MR) is 96.3 cm³/mol. The van der Waals surface area contributed by atoms with Crippen molar-refractivity contribution in [3.05, 3.63) is 65.9 Å². The molecule has 0 spiro atoms. The second-order valence-electron chi connectivity index (χ2n) is 6.74. The molecule has 3 aromatic heterocycles. The molecule has 1 aliphatic carbocycles. The maximum atomic E-state index is 12.9. The van der Waals surface area contributed by atoms with Crippen molar-refractivity contribution in [2.24, 2.45) is 5.92 Å². The van der Waals surface area contributed by atoms with Crippen LogP contribution in [0.2, 0.25) is 0 Å². The Bertz CT molecular complexity index is 887. The van der Waals surface area contributed by atoms with Crippen LogP contribution in [0.15, 0.2) is 48.9 Å². The predicted octanol–water partition coefficient (Wildman–Crippen LogP) is 2.54. The number of carbonyl (C=O) groups is 1. The molecule has 5 heteroatoms. The van der Waals surface area contributed by atoms with Crippen molar-refractivity contribution in [1.29, 1.82) is 0 Å². The smallest absolute Gasteiger partial charge is 0.225 e. The first-order valence-electron chi connectivity index (χ1n) is 8.81. The number of amides is 1. The van der Waals surface area contributed by atoms with Crippen molar-refractivity contribution in [1.82, 2.24) is 19.3 Å². The maximum Gasteiger partial charge on any atom is 0.225 e. The minimum atomic E-state index is 0.0510. The third-order valence-corrected chi connectivity index (χ3v) is 5.09. The standard InChI is InChI=1S/C20H22N4O/c1-23(13-9-15-7-10-21-11-8-15)20(25)16-5-6-17-18(14-16)24-12-3-2-4-19(24)22-17/h2-4,7-8,10-12,16H,5-6,9,13-14H2,1H3. The van der Waals surface area contributed by atoms with Crippen LogP contribution in [0.5, 0.6) is 0 Å². The quantitative estimate of drug-likeness (QED) is 0.737. The van der Waals surface area contributed by atoms with E-state index >= 15 is 0 Å². The van der Waals surface area contributed by atoms with Gasteiger partial charge in [-0.1, -0.05) is 6.07 Å². The Hall–Kier alpha value is -2.69. The van der Waals surface area contributed by atoms with E-state index in [0.717, 1.165) is 43.6 Å². The van der Waals surface area contributed by atoms with E-state index in [9.17, 15) is 4.79 Å². The lowest BCUT2D eigenvalue weighted by molar-refractivity contribution is -0.134. The molecule has 1 atom stereocenters. The highest BCUT2D eigenvalue weighted by Crippen LogP contribution is 2.27. The molecule has 0 aromatic carbocycles. The van der Waals surface area contributed by atoms with Crippen LogP contribution in [0, 0.1) is 5.92 Å². The molecule has 3 heterocycles. The molecule has 1 unspecified atom stereocenters. The number of hydrogen-bond donors (Lipinski definition) is 0. The van der Waals surface area contributed by atoms with Gasteiger partial charge in [0.25, 0.3) is 0 Å². The van der Waals surface area contributed by atoms with Crippen molar-refractivity contribution >= 4 is 11.6 Å². The Labute approximate surface area is 147 Å². The van der Waals surface area contributed by atoms with Crippen LogP contribution in [0.3, 0.4) is 0 Å². The van der Waals surface area contributed by atoms with Crippen molar-refractivity contribution in [3.63, 3.8) is 0 Å². The van der Waals surface area contributed by atoms with E-state index < -0.39 is 0 Å². The molecule has 4 rings (SSSR count). The van der Waals surface area contributed by atoms with E-state index in [1.54, 1.807) is 12.4 Å². The molecule has 1 amide bonds. The van der Waals surface area contributed by atoms with Crippen LogP contribution in [-0.4, -0.2) is 38.8 Å². The summed E-state index contributed by atoms with van der Waals surface area (Å²) in [6, 6.07) is 10.0. The van der Waals surface area contributed by atoms with Crippen molar-refractivity contribution in [2.45, 2.75) is 25.7 Å². The van der Waals surface area contributed by atoms with Gasteiger partial charge in [-0.3, -0.25) is 9.78 Å². The number of nitrogens with zero attached hydrogens (tertiary/aromatic N) is 4. The lowest BCUT2D eigenvalue weighted by Crippen LogP contribution is -2.37. The van der Waals surface area contributed by atoms with E-state index in [-0.39, 0.29) is 11.8 Å². The fraction of sp³-hybridized carbons (Fsp3) is 0.350. The topological polar surface area (TPSA) is 50.5 Å². The van der Waals surface area contributed by atoms with Gasteiger partial charge in [-0.2, -0.15) is 0 Å². The van der Waals surface area contributed by atoms with Gasteiger partial charge in [0.1, 0.15) is 5.65 Å². The molecule has 5 nitrogen and oxygen atoms in total. The Morgan fingerprint density at radius 3 is 2.96 bits per heavy atom. The molecule has 0 fully saturated rings. The number of fused-ring (bicyclic) bond motifs is 3. The number of rotatable bonds is 4. The summed E-state index contributed by atoms with van der Waals surface area (Å²) in [7, 11) is 1.91. The average Bonchev–Trinajstić information content (AvgIpc) is 3.04. The summed E-state index contributed by atoms with van der Waals surface area (Å²) < 4.78 is 2.13. The lowest BCUT2D eigenvalue weighted by atomic mass is 9.88. The average molecular weight is 334 g/mol. The van der Waals surface area contributed by atoms with Gasteiger partial charge in [0.2, 0.25) is 5.91 Å². The highest BCUT2D eigenvalue weighted by atomic mass is 16.2. The number of pyridine rings is 2. The molecule has 0 N–H and O–H groups in total. The second kappa shape index (κ2) is 6.67. The molecule has 1 aliphatic rings. The van der Waals surface area contributed by atoms with Gasteiger partial charge < -0.3 is 9.30 Å². The first-order chi connectivity index (χ1) is 12.2. The number of imidazole rings is 1. The van der Waals surface area contributed by atoms with Gasteiger partial charge >= 0.3 is 0 Å². The molecule has 25 heavy (non-hydrogen) atoms. The van der Waals surface area contributed by atoms with Gasteiger partial charge in [-0.25, -0.2) is 4.98 Å². The first-order valence-corrected chi connectivity index (χ1v) is 8.81. The molecule has 0 bridgehead atoms. The van der Waals surface area contributed by atoms with Gasteiger partial charge in [0, 0.05) is 50.2 Å². The van der Waals surface area contributed by atoms with Gasteiger partial charge in [0.05, 0.1) is 5.69 Å². The van der Waals surface area contributed by atoms with E-state index in [2.05, 4.69) is 9.38 Å². The Morgan fingerprint density at radius 2 is 2.12 bits per heavy atom. The number of hydrogen-bond acceptors (Lipinski definition) is 3. The fourth-order valence-electron chi connectivity index (χ4n) is 3.64. The highest BCUT2D eigenvalue weighted by molar-refractivity contribution is 5.79. The SMILES string of the molecule is CN(CCc1ccncc1)C(=O)C1CCc2nc3ccccn3c2C1. The summed E-state index contributed by atoms with van der Waals surface area (Å²) in [5.74, 6) is 0.292. The maximum absolute atomic E-state index is 12.9.